The maximum absolute atomic E-state index is 12.1. The Bertz CT molecular complexity index is 325. The van der Waals surface area contributed by atoms with Crippen LogP contribution in [-0.2, 0) is 9.53 Å². The number of rotatable bonds is 3. The van der Waals surface area contributed by atoms with Crippen molar-refractivity contribution >= 4 is 14.0 Å². The molecule has 0 aromatic rings. The number of ether oxygens (including phenoxy) is 1. The fraction of sp³-hybridized carbons (Fsp3) is 0.615. The molecule has 0 heterocycles. The zero-order valence-corrected chi connectivity index (χ0v) is 11.9. The number of carbonyl (C=O) groups excluding carboxylic acids is 1. The number of hydrogen-bond acceptors (Lipinski definition) is 2. The summed E-state index contributed by atoms with van der Waals surface area (Å²) in [5, 5.41) is 0. The van der Waals surface area contributed by atoms with Crippen molar-refractivity contribution in [1.82, 2.24) is 0 Å². The first-order valence-corrected chi connectivity index (χ1v) is 9.47. The molecule has 16 heavy (non-hydrogen) atoms. The van der Waals surface area contributed by atoms with Crippen LogP contribution in [0.15, 0.2) is 24.3 Å². The second kappa shape index (κ2) is 4.58. The highest BCUT2D eigenvalue weighted by molar-refractivity contribution is 6.76. The van der Waals surface area contributed by atoms with Crippen molar-refractivity contribution in [2.75, 3.05) is 7.11 Å². The molecular formula is C13H22O2Si. The maximum atomic E-state index is 12.1. The Kier molecular flexibility index (Phi) is 3.78. The fourth-order valence-corrected chi connectivity index (χ4v) is 4.73. The Morgan fingerprint density at radius 1 is 1.38 bits per heavy atom. The van der Waals surface area contributed by atoms with E-state index in [1.165, 1.54) is 7.11 Å². The highest BCUT2D eigenvalue weighted by Gasteiger charge is 2.45. The minimum atomic E-state index is -1.32. The molecule has 0 aromatic carbocycles. The quantitative estimate of drug-likeness (QED) is 0.557. The highest BCUT2D eigenvalue weighted by Crippen LogP contribution is 2.42. The van der Waals surface area contributed by atoms with E-state index in [0.29, 0.717) is 0 Å². The third-order valence-corrected chi connectivity index (χ3v) is 4.75. The van der Waals surface area contributed by atoms with Gasteiger partial charge in [-0.2, -0.15) is 0 Å². The Hall–Kier alpha value is -0.833. The summed E-state index contributed by atoms with van der Waals surface area (Å²) in [5.41, 5.74) is -0.437. The van der Waals surface area contributed by atoms with E-state index >= 15 is 0 Å². The molecule has 1 rings (SSSR count). The average molecular weight is 238 g/mol. The lowest BCUT2D eigenvalue weighted by Gasteiger charge is -2.38. The minimum Gasteiger partial charge on any atom is -0.468 e. The minimum absolute atomic E-state index is 0.0944. The summed E-state index contributed by atoms with van der Waals surface area (Å²) in [6, 6.07) is 0.939. The molecule has 0 radical (unpaired) electrons. The molecule has 0 bridgehead atoms. The molecule has 1 aliphatic carbocycles. The lowest BCUT2D eigenvalue weighted by molar-refractivity contribution is -0.150. The van der Waals surface area contributed by atoms with Gasteiger partial charge in [0.25, 0.3) is 0 Å². The summed E-state index contributed by atoms with van der Waals surface area (Å²) >= 11 is 0. The molecule has 0 spiro atoms. The molecule has 0 saturated carbocycles. The summed E-state index contributed by atoms with van der Waals surface area (Å²) in [6.45, 7) is 8.96. The topological polar surface area (TPSA) is 26.3 Å². The van der Waals surface area contributed by atoms with Crippen LogP contribution in [0.2, 0.25) is 25.7 Å². The highest BCUT2D eigenvalue weighted by atomic mass is 28.3. The largest absolute Gasteiger partial charge is 0.468 e. The van der Waals surface area contributed by atoms with Gasteiger partial charge >= 0.3 is 5.97 Å². The summed E-state index contributed by atoms with van der Waals surface area (Å²) < 4.78 is 5.01. The van der Waals surface area contributed by atoms with Gasteiger partial charge in [0.2, 0.25) is 0 Å². The third kappa shape index (κ3) is 2.64. The van der Waals surface area contributed by atoms with E-state index in [2.05, 4.69) is 32.6 Å². The molecule has 90 valence electrons. The SMILES string of the molecule is COC(=O)C1(C[Si](C)(C)C)C=CC=CC1C. The van der Waals surface area contributed by atoms with Crippen LogP contribution in [0.5, 0.6) is 0 Å². The number of carbonyl (C=O) groups is 1. The van der Waals surface area contributed by atoms with Crippen LogP contribution in [-0.4, -0.2) is 21.2 Å². The van der Waals surface area contributed by atoms with Gasteiger partial charge in [-0.15, -0.1) is 0 Å². The lowest BCUT2D eigenvalue weighted by Crippen LogP contribution is -2.42. The first-order chi connectivity index (χ1) is 7.32. The van der Waals surface area contributed by atoms with Gasteiger partial charge < -0.3 is 4.74 Å². The Morgan fingerprint density at radius 2 is 2.00 bits per heavy atom. The molecule has 0 aliphatic heterocycles. The van der Waals surface area contributed by atoms with Crippen molar-refractivity contribution in [1.29, 1.82) is 0 Å². The molecule has 3 heteroatoms. The molecule has 0 N–H and O–H groups in total. The van der Waals surface area contributed by atoms with E-state index in [9.17, 15) is 4.79 Å². The maximum Gasteiger partial charge on any atom is 0.315 e. The smallest absolute Gasteiger partial charge is 0.315 e. The number of hydrogen-bond donors (Lipinski definition) is 0. The molecule has 2 atom stereocenters. The Morgan fingerprint density at radius 3 is 2.44 bits per heavy atom. The van der Waals surface area contributed by atoms with Crippen LogP contribution in [0, 0.1) is 11.3 Å². The van der Waals surface area contributed by atoms with E-state index in [1.54, 1.807) is 0 Å². The van der Waals surface area contributed by atoms with Crippen molar-refractivity contribution in [2.24, 2.45) is 11.3 Å². The van der Waals surface area contributed by atoms with Crippen LogP contribution in [0.3, 0.4) is 0 Å². The Balaban J connectivity index is 3.07. The van der Waals surface area contributed by atoms with Gasteiger partial charge in [-0.25, -0.2) is 0 Å². The molecular weight excluding hydrogens is 216 g/mol. The molecule has 0 saturated heterocycles. The van der Waals surface area contributed by atoms with Gasteiger partial charge in [0.05, 0.1) is 12.5 Å². The third-order valence-electron chi connectivity index (χ3n) is 3.11. The number of allylic oxidation sites excluding steroid dienone is 3. The molecule has 0 amide bonds. The van der Waals surface area contributed by atoms with Gasteiger partial charge in [0.15, 0.2) is 0 Å². The summed E-state index contributed by atoms with van der Waals surface area (Å²) in [5.74, 6) is 0.125. The van der Waals surface area contributed by atoms with Crippen LogP contribution in [0.4, 0.5) is 0 Å². The monoisotopic (exact) mass is 238 g/mol. The summed E-state index contributed by atoms with van der Waals surface area (Å²) in [6.07, 6.45) is 8.10. The fourth-order valence-electron chi connectivity index (χ4n) is 2.40. The molecule has 0 aromatic heterocycles. The first kappa shape index (κ1) is 13.2. The van der Waals surface area contributed by atoms with Crippen LogP contribution < -0.4 is 0 Å². The van der Waals surface area contributed by atoms with E-state index in [-0.39, 0.29) is 11.9 Å². The average Bonchev–Trinajstić information content (AvgIpc) is 2.18. The van der Waals surface area contributed by atoms with Crippen molar-refractivity contribution in [3.63, 3.8) is 0 Å². The van der Waals surface area contributed by atoms with Crippen LogP contribution in [0.1, 0.15) is 6.92 Å². The van der Waals surface area contributed by atoms with Crippen molar-refractivity contribution in [3.05, 3.63) is 24.3 Å². The van der Waals surface area contributed by atoms with Crippen molar-refractivity contribution < 1.29 is 9.53 Å². The molecule has 0 fully saturated rings. The first-order valence-electron chi connectivity index (χ1n) is 5.76. The number of esters is 1. The van der Waals surface area contributed by atoms with E-state index < -0.39 is 13.5 Å². The van der Waals surface area contributed by atoms with Crippen molar-refractivity contribution in [2.45, 2.75) is 32.6 Å². The van der Waals surface area contributed by atoms with Gasteiger partial charge in [-0.3, -0.25) is 4.79 Å². The van der Waals surface area contributed by atoms with E-state index in [0.717, 1.165) is 6.04 Å². The van der Waals surface area contributed by atoms with Gasteiger partial charge in [0.1, 0.15) is 0 Å². The normalized spacial score (nSPS) is 29.2. The zero-order chi connectivity index (χ0) is 12.4. The molecule has 1 aliphatic rings. The van der Waals surface area contributed by atoms with E-state index in [4.69, 9.17) is 4.74 Å². The van der Waals surface area contributed by atoms with Gasteiger partial charge in [-0.1, -0.05) is 50.9 Å². The van der Waals surface area contributed by atoms with Gasteiger partial charge in [-0.05, 0) is 12.0 Å². The van der Waals surface area contributed by atoms with E-state index in [1.807, 2.05) is 18.2 Å². The molecule has 2 unspecified atom stereocenters. The lowest BCUT2D eigenvalue weighted by atomic mass is 9.75. The predicted molar refractivity (Wildman–Crippen MR) is 70.0 cm³/mol. The summed E-state index contributed by atoms with van der Waals surface area (Å²) in [7, 11) is 0.156. The Labute approximate surface area is 99.4 Å². The second-order valence-electron chi connectivity index (χ2n) is 5.80. The summed E-state index contributed by atoms with van der Waals surface area (Å²) in [4.78, 5) is 12.1. The zero-order valence-electron chi connectivity index (χ0n) is 10.9. The standard InChI is InChI=1S/C13H22O2Si/c1-11-8-6-7-9-13(11,12(14)15-2)10-16(3,4)5/h6-9,11H,10H2,1-5H3. The van der Waals surface area contributed by atoms with Crippen LogP contribution >= 0.6 is 0 Å². The second-order valence-corrected chi connectivity index (χ2v) is 11.3. The van der Waals surface area contributed by atoms with Crippen molar-refractivity contribution in [3.8, 4) is 0 Å². The van der Waals surface area contributed by atoms with Crippen LogP contribution in [0.25, 0.3) is 0 Å². The molecule has 2 nitrogen and oxygen atoms in total. The number of methoxy groups -OCH3 is 1. The van der Waals surface area contributed by atoms with Gasteiger partial charge in [0, 0.05) is 8.07 Å². The predicted octanol–water partition coefficient (Wildman–Crippen LogP) is 3.25.